The lowest BCUT2D eigenvalue weighted by molar-refractivity contribution is -0.132. The molecule has 1 saturated heterocycles. The van der Waals surface area contributed by atoms with E-state index in [2.05, 4.69) is 15.1 Å². The van der Waals surface area contributed by atoms with Crippen molar-refractivity contribution in [3.05, 3.63) is 71.8 Å². The highest BCUT2D eigenvalue weighted by molar-refractivity contribution is 6.32. The number of hydrogen-bond acceptors (Lipinski definition) is 5. The average molecular weight is 423 g/mol. The molecule has 7 heteroatoms. The predicted octanol–water partition coefficient (Wildman–Crippen LogP) is 3.91. The second-order valence-corrected chi connectivity index (χ2v) is 7.45. The molecule has 30 heavy (non-hydrogen) atoms. The van der Waals surface area contributed by atoms with E-state index in [-0.39, 0.29) is 5.91 Å². The van der Waals surface area contributed by atoms with Gasteiger partial charge in [0.25, 0.3) is 0 Å². The van der Waals surface area contributed by atoms with Gasteiger partial charge in [-0.3, -0.25) is 4.79 Å². The highest BCUT2D eigenvalue weighted by Crippen LogP contribution is 2.23. The van der Waals surface area contributed by atoms with E-state index < -0.39 is 0 Å². The number of carbonyl (C=O) groups excluding carboxylic acids is 1. The number of ether oxygens (including phenoxy) is 1. The van der Waals surface area contributed by atoms with Crippen molar-refractivity contribution in [1.29, 1.82) is 0 Å². The molecular formula is C23H23ClN4O2. The Morgan fingerprint density at radius 1 is 0.900 bits per heavy atom. The molecule has 1 aliphatic heterocycles. The zero-order chi connectivity index (χ0) is 20.8. The topological polar surface area (TPSA) is 58.6 Å². The third-order valence-electron chi connectivity index (χ3n) is 5.09. The number of benzene rings is 2. The number of aromatic nitrogens is 2. The van der Waals surface area contributed by atoms with Gasteiger partial charge < -0.3 is 14.5 Å². The van der Waals surface area contributed by atoms with Gasteiger partial charge in [-0.05, 0) is 24.3 Å². The van der Waals surface area contributed by atoms with Gasteiger partial charge in [-0.2, -0.15) is 0 Å². The fourth-order valence-corrected chi connectivity index (χ4v) is 3.60. The van der Waals surface area contributed by atoms with E-state index in [4.69, 9.17) is 16.3 Å². The van der Waals surface area contributed by atoms with E-state index in [0.29, 0.717) is 36.9 Å². The Kier molecular flexibility index (Phi) is 6.44. The maximum atomic E-state index is 12.5. The molecule has 1 aliphatic rings. The Morgan fingerprint density at radius 2 is 1.63 bits per heavy atom. The number of para-hydroxylation sites is 1. The van der Waals surface area contributed by atoms with Crippen molar-refractivity contribution in [2.75, 3.05) is 37.7 Å². The number of anilines is 1. The van der Waals surface area contributed by atoms with Crippen molar-refractivity contribution in [2.45, 2.75) is 6.42 Å². The molecule has 2 heterocycles. The van der Waals surface area contributed by atoms with Crippen molar-refractivity contribution in [2.24, 2.45) is 0 Å². The van der Waals surface area contributed by atoms with Crippen LogP contribution in [-0.2, 0) is 4.79 Å². The average Bonchev–Trinajstić information content (AvgIpc) is 2.81. The van der Waals surface area contributed by atoms with Crippen LogP contribution in [-0.4, -0.2) is 53.8 Å². The highest BCUT2D eigenvalue weighted by atomic mass is 35.5. The van der Waals surface area contributed by atoms with E-state index in [0.717, 1.165) is 30.2 Å². The van der Waals surface area contributed by atoms with Gasteiger partial charge in [-0.1, -0.05) is 54.1 Å². The number of nitrogens with zero attached hydrogens (tertiary/aromatic N) is 4. The number of piperazine rings is 1. The maximum absolute atomic E-state index is 12.5. The fraction of sp³-hybridized carbons (Fsp3) is 0.261. The van der Waals surface area contributed by atoms with Gasteiger partial charge in [0.05, 0.1) is 23.7 Å². The van der Waals surface area contributed by atoms with Crippen LogP contribution in [0.15, 0.2) is 66.7 Å². The first-order valence-corrected chi connectivity index (χ1v) is 10.4. The van der Waals surface area contributed by atoms with Gasteiger partial charge >= 0.3 is 0 Å². The van der Waals surface area contributed by atoms with Gasteiger partial charge in [0.1, 0.15) is 5.75 Å². The standard InChI is InChI=1S/C23H23ClN4O2/c24-19-8-4-5-9-21(19)30-17-12-23(29)28-15-13-27(14-16-28)22-11-10-20(25-26-22)18-6-2-1-3-7-18/h1-11H,12-17H2. The molecule has 0 saturated carbocycles. The third kappa shape index (κ3) is 4.89. The van der Waals surface area contributed by atoms with Crippen molar-refractivity contribution in [1.82, 2.24) is 15.1 Å². The minimum absolute atomic E-state index is 0.0900. The van der Waals surface area contributed by atoms with Crippen molar-refractivity contribution in [3.8, 4) is 17.0 Å². The maximum Gasteiger partial charge on any atom is 0.226 e. The third-order valence-corrected chi connectivity index (χ3v) is 5.40. The molecule has 0 spiro atoms. The second kappa shape index (κ2) is 9.59. The molecule has 4 rings (SSSR count). The van der Waals surface area contributed by atoms with Crippen LogP contribution < -0.4 is 9.64 Å². The van der Waals surface area contributed by atoms with Crippen molar-refractivity contribution in [3.63, 3.8) is 0 Å². The molecule has 0 radical (unpaired) electrons. The summed E-state index contributed by atoms with van der Waals surface area (Å²) < 4.78 is 5.63. The summed E-state index contributed by atoms with van der Waals surface area (Å²) in [5.41, 5.74) is 1.90. The summed E-state index contributed by atoms with van der Waals surface area (Å²) in [6.45, 7) is 3.10. The lowest BCUT2D eigenvalue weighted by Crippen LogP contribution is -2.49. The summed E-state index contributed by atoms with van der Waals surface area (Å²) in [7, 11) is 0. The molecule has 0 unspecified atom stereocenters. The minimum Gasteiger partial charge on any atom is -0.491 e. The van der Waals surface area contributed by atoms with E-state index in [1.54, 1.807) is 12.1 Å². The van der Waals surface area contributed by atoms with Gasteiger partial charge in [-0.25, -0.2) is 0 Å². The Bertz CT molecular complexity index is 974. The van der Waals surface area contributed by atoms with Crippen LogP contribution in [0.1, 0.15) is 6.42 Å². The Balaban J connectivity index is 1.25. The molecule has 6 nitrogen and oxygen atoms in total. The lowest BCUT2D eigenvalue weighted by Gasteiger charge is -2.35. The minimum atomic E-state index is 0.0900. The molecule has 1 aromatic heterocycles. The van der Waals surface area contributed by atoms with Gasteiger partial charge in [-0.15, -0.1) is 10.2 Å². The zero-order valence-electron chi connectivity index (χ0n) is 16.6. The lowest BCUT2D eigenvalue weighted by atomic mass is 10.1. The molecule has 1 amide bonds. The van der Waals surface area contributed by atoms with Crippen LogP contribution in [0.4, 0.5) is 5.82 Å². The SMILES string of the molecule is O=C(CCOc1ccccc1Cl)N1CCN(c2ccc(-c3ccccc3)nn2)CC1. The fourth-order valence-electron chi connectivity index (χ4n) is 3.41. The smallest absolute Gasteiger partial charge is 0.226 e. The molecule has 0 aliphatic carbocycles. The molecule has 0 N–H and O–H groups in total. The molecule has 154 valence electrons. The number of hydrogen-bond donors (Lipinski definition) is 0. The molecule has 1 fully saturated rings. The molecule has 0 atom stereocenters. The summed E-state index contributed by atoms with van der Waals surface area (Å²) in [5.74, 6) is 1.53. The number of amides is 1. The van der Waals surface area contributed by atoms with Gasteiger partial charge in [0.2, 0.25) is 5.91 Å². The molecule has 3 aromatic rings. The summed E-state index contributed by atoms with van der Waals surface area (Å²) in [5, 5.41) is 9.29. The first kappa shape index (κ1) is 20.2. The summed E-state index contributed by atoms with van der Waals surface area (Å²) in [4.78, 5) is 16.5. The normalized spacial score (nSPS) is 13.9. The van der Waals surface area contributed by atoms with Gasteiger partial charge in [0.15, 0.2) is 5.82 Å². The first-order valence-electron chi connectivity index (χ1n) is 10.00. The number of rotatable bonds is 6. The molecule has 2 aromatic carbocycles. The first-order chi connectivity index (χ1) is 14.7. The monoisotopic (exact) mass is 422 g/mol. The molecular weight excluding hydrogens is 400 g/mol. The zero-order valence-corrected chi connectivity index (χ0v) is 17.3. The van der Waals surface area contributed by atoms with Gasteiger partial charge in [0, 0.05) is 31.7 Å². The van der Waals surface area contributed by atoms with Crippen molar-refractivity contribution >= 4 is 23.3 Å². The number of halogens is 1. The highest BCUT2D eigenvalue weighted by Gasteiger charge is 2.22. The largest absolute Gasteiger partial charge is 0.491 e. The van der Waals surface area contributed by atoms with Crippen LogP contribution in [0.5, 0.6) is 5.75 Å². The number of carbonyl (C=O) groups is 1. The van der Waals surface area contributed by atoms with E-state index in [9.17, 15) is 4.79 Å². The van der Waals surface area contributed by atoms with Crippen LogP contribution in [0.3, 0.4) is 0 Å². The predicted molar refractivity (Wildman–Crippen MR) is 118 cm³/mol. The molecule has 0 bridgehead atoms. The van der Waals surface area contributed by atoms with Crippen LogP contribution in [0.2, 0.25) is 5.02 Å². The van der Waals surface area contributed by atoms with Crippen LogP contribution >= 0.6 is 11.6 Å². The quantitative estimate of drug-likeness (QED) is 0.602. The van der Waals surface area contributed by atoms with E-state index in [1.165, 1.54) is 0 Å². The van der Waals surface area contributed by atoms with Crippen molar-refractivity contribution < 1.29 is 9.53 Å². The summed E-state index contributed by atoms with van der Waals surface area (Å²) in [6, 6.07) is 21.2. The Hall–Kier alpha value is -3.12. The second-order valence-electron chi connectivity index (χ2n) is 7.04. The summed E-state index contributed by atoms with van der Waals surface area (Å²) in [6.07, 6.45) is 0.330. The summed E-state index contributed by atoms with van der Waals surface area (Å²) >= 11 is 6.07. The van der Waals surface area contributed by atoms with Crippen LogP contribution in [0, 0.1) is 0 Å². The van der Waals surface area contributed by atoms with E-state index >= 15 is 0 Å². The Labute approximate surface area is 181 Å². The Morgan fingerprint density at radius 3 is 2.33 bits per heavy atom. The van der Waals surface area contributed by atoms with E-state index in [1.807, 2.05) is 59.5 Å². The van der Waals surface area contributed by atoms with Crippen LogP contribution in [0.25, 0.3) is 11.3 Å².